The smallest absolute Gasteiger partial charge is 0.305 e. The number of carbonyl (C=O) groups is 4. The average molecular weight is 587 g/mol. The SMILES string of the molecule is COC(=O)CCCc1ccc(Cc2cc(C3OC(SC)C(OC(C)=O)C(OC(C)=O)C3OC(C)=O)ccc2C)cc1. The molecule has 3 rings (SSSR count). The number of esters is 4. The quantitative estimate of drug-likeness (QED) is 0.273. The number of hydrogen-bond acceptors (Lipinski definition) is 10. The van der Waals surface area contributed by atoms with E-state index < -0.39 is 47.8 Å². The molecule has 0 spiro atoms. The number of carbonyl (C=O) groups excluding carboxylic acids is 4. The van der Waals surface area contributed by atoms with E-state index in [1.54, 1.807) is 6.26 Å². The van der Waals surface area contributed by atoms with Crippen LogP contribution in [0.4, 0.5) is 0 Å². The molecule has 1 heterocycles. The van der Waals surface area contributed by atoms with E-state index in [1.807, 2.05) is 25.1 Å². The van der Waals surface area contributed by atoms with E-state index in [0.717, 1.165) is 40.7 Å². The summed E-state index contributed by atoms with van der Waals surface area (Å²) < 4.78 is 27.8. The van der Waals surface area contributed by atoms with Crippen LogP contribution in [0.25, 0.3) is 0 Å². The summed E-state index contributed by atoms with van der Waals surface area (Å²) in [4.78, 5) is 47.5. The van der Waals surface area contributed by atoms with Crippen molar-refractivity contribution in [2.24, 2.45) is 0 Å². The highest BCUT2D eigenvalue weighted by Crippen LogP contribution is 2.40. The number of hydrogen-bond donors (Lipinski definition) is 0. The number of benzene rings is 2. The molecule has 0 N–H and O–H groups in total. The fraction of sp³-hybridized carbons (Fsp3) is 0.484. The Morgan fingerprint density at radius 3 is 2.00 bits per heavy atom. The van der Waals surface area contributed by atoms with Crippen molar-refractivity contribution in [1.82, 2.24) is 0 Å². The molecular weight excluding hydrogens is 548 g/mol. The lowest BCUT2D eigenvalue weighted by atomic mass is 9.90. The first-order chi connectivity index (χ1) is 19.5. The lowest BCUT2D eigenvalue weighted by Gasteiger charge is -2.44. The molecule has 0 amide bonds. The zero-order valence-electron chi connectivity index (χ0n) is 24.3. The molecule has 0 radical (unpaired) electrons. The molecule has 222 valence electrons. The summed E-state index contributed by atoms with van der Waals surface area (Å²) in [6.45, 7) is 5.80. The van der Waals surface area contributed by atoms with Gasteiger partial charge in [0.2, 0.25) is 0 Å². The van der Waals surface area contributed by atoms with E-state index in [9.17, 15) is 19.2 Å². The van der Waals surface area contributed by atoms with Gasteiger partial charge in [-0.1, -0.05) is 42.5 Å². The van der Waals surface area contributed by atoms with Gasteiger partial charge in [-0.15, -0.1) is 11.8 Å². The molecule has 1 aliphatic rings. The van der Waals surface area contributed by atoms with Gasteiger partial charge < -0.3 is 23.7 Å². The van der Waals surface area contributed by atoms with Gasteiger partial charge in [0.15, 0.2) is 18.3 Å². The topological polar surface area (TPSA) is 114 Å². The highest BCUT2D eigenvalue weighted by molar-refractivity contribution is 7.99. The molecule has 1 fully saturated rings. The Bertz CT molecular complexity index is 1230. The van der Waals surface area contributed by atoms with Crippen LogP contribution in [-0.2, 0) is 55.7 Å². The molecule has 1 saturated heterocycles. The molecule has 41 heavy (non-hydrogen) atoms. The van der Waals surface area contributed by atoms with Gasteiger partial charge in [0.1, 0.15) is 11.5 Å². The Kier molecular flexibility index (Phi) is 11.8. The summed E-state index contributed by atoms with van der Waals surface area (Å²) in [7, 11) is 1.39. The third-order valence-electron chi connectivity index (χ3n) is 6.83. The fourth-order valence-electron chi connectivity index (χ4n) is 4.87. The first-order valence-electron chi connectivity index (χ1n) is 13.5. The van der Waals surface area contributed by atoms with Gasteiger partial charge in [-0.3, -0.25) is 19.2 Å². The van der Waals surface area contributed by atoms with Gasteiger partial charge in [0.25, 0.3) is 0 Å². The lowest BCUT2D eigenvalue weighted by Crippen LogP contribution is -2.57. The minimum atomic E-state index is -1.06. The second kappa shape index (κ2) is 15.0. The summed E-state index contributed by atoms with van der Waals surface area (Å²) in [6, 6.07) is 14.2. The molecular formula is C31H38O9S. The summed E-state index contributed by atoms with van der Waals surface area (Å²) in [5.74, 6) is -1.95. The van der Waals surface area contributed by atoms with Gasteiger partial charge in [-0.25, -0.2) is 0 Å². The predicted molar refractivity (Wildman–Crippen MR) is 153 cm³/mol. The van der Waals surface area contributed by atoms with Crippen LogP contribution in [0.5, 0.6) is 0 Å². The summed E-state index contributed by atoms with van der Waals surface area (Å²) >= 11 is 1.31. The minimum absolute atomic E-state index is 0.209. The van der Waals surface area contributed by atoms with Crippen molar-refractivity contribution >= 4 is 35.6 Å². The van der Waals surface area contributed by atoms with Gasteiger partial charge in [0.05, 0.1) is 7.11 Å². The number of methoxy groups -OCH3 is 1. The summed E-state index contributed by atoms with van der Waals surface area (Å²) in [6.07, 6.45) is 0.511. The van der Waals surface area contributed by atoms with Gasteiger partial charge in [0, 0.05) is 27.2 Å². The van der Waals surface area contributed by atoms with Crippen LogP contribution in [0.2, 0.25) is 0 Å². The van der Waals surface area contributed by atoms with Crippen LogP contribution < -0.4 is 0 Å². The van der Waals surface area contributed by atoms with E-state index in [0.29, 0.717) is 12.8 Å². The van der Waals surface area contributed by atoms with Crippen molar-refractivity contribution in [2.45, 2.75) is 83.2 Å². The van der Waals surface area contributed by atoms with E-state index in [2.05, 4.69) is 24.3 Å². The Morgan fingerprint density at radius 2 is 1.41 bits per heavy atom. The zero-order chi connectivity index (χ0) is 30.1. The van der Waals surface area contributed by atoms with Crippen molar-refractivity contribution in [2.75, 3.05) is 13.4 Å². The fourth-order valence-corrected chi connectivity index (χ4v) is 5.58. The standard InChI is InChI=1S/C31H38O9S/c1-18-10-15-24(17-25(18)16-23-13-11-22(12-14-23)8-7-9-26(35)36-5)27-28(37-19(2)32)29(38-20(3)33)30(39-21(4)34)31(40-27)41-6/h10-15,17,27-31H,7-9,16H2,1-6H3. The van der Waals surface area contributed by atoms with Gasteiger partial charge in [-0.2, -0.15) is 0 Å². The number of ether oxygens (including phenoxy) is 5. The normalized spacial score (nSPS) is 22.0. The average Bonchev–Trinajstić information content (AvgIpc) is 2.92. The molecule has 2 aromatic carbocycles. The summed E-state index contributed by atoms with van der Waals surface area (Å²) in [5, 5.41) is 0. The van der Waals surface area contributed by atoms with Gasteiger partial charge in [-0.05, 0) is 60.3 Å². The lowest BCUT2D eigenvalue weighted by molar-refractivity contribution is -0.233. The molecule has 10 heteroatoms. The second-order valence-corrected chi connectivity index (χ2v) is 10.9. The van der Waals surface area contributed by atoms with Crippen molar-refractivity contribution in [3.05, 3.63) is 70.3 Å². The molecule has 2 aromatic rings. The predicted octanol–water partition coefficient (Wildman–Crippen LogP) is 4.64. The van der Waals surface area contributed by atoms with Crippen LogP contribution in [-0.4, -0.2) is 61.0 Å². The monoisotopic (exact) mass is 586 g/mol. The Balaban J connectivity index is 1.88. The number of thioether (sulfide) groups is 1. The second-order valence-electron chi connectivity index (χ2n) is 9.99. The molecule has 0 bridgehead atoms. The van der Waals surface area contributed by atoms with Crippen LogP contribution >= 0.6 is 11.8 Å². The molecule has 0 aromatic heterocycles. The van der Waals surface area contributed by atoms with E-state index in [4.69, 9.17) is 23.7 Å². The van der Waals surface area contributed by atoms with E-state index in [-0.39, 0.29) is 5.97 Å². The maximum absolute atomic E-state index is 12.2. The maximum atomic E-state index is 12.2. The number of aryl methyl sites for hydroxylation is 2. The third-order valence-corrected chi connectivity index (χ3v) is 7.67. The molecule has 9 nitrogen and oxygen atoms in total. The molecule has 1 aliphatic heterocycles. The molecule has 5 unspecified atom stereocenters. The first-order valence-corrected chi connectivity index (χ1v) is 14.7. The molecule has 0 aliphatic carbocycles. The molecule has 0 saturated carbocycles. The van der Waals surface area contributed by atoms with Crippen LogP contribution in [0.1, 0.15) is 67.5 Å². The van der Waals surface area contributed by atoms with Crippen molar-refractivity contribution < 1.29 is 42.9 Å². The van der Waals surface area contributed by atoms with Crippen molar-refractivity contribution in [1.29, 1.82) is 0 Å². The largest absolute Gasteiger partial charge is 0.469 e. The van der Waals surface area contributed by atoms with E-state index >= 15 is 0 Å². The number of rotatable bonds is 11. The van der Waals surface area contributed by atoms with Crippen LogP contribution in [0.15, 0.2) is 42.5 Å². The third kappa shape index (κ3) is 9.06. The van der Waals surface area contributed by atoms with Crippen molar-refractivity contribution in [3.8, 4) is 0 Å². The summed E-state index contributed by atoms with van der Waals surface area (Å²) in [5.41, 5.74) is 4.46. The Hall–Kier alpha value is -3.37. The maximum Gasteiger partial charge on any atom is 0.305 e. The highest BCUT2D eigenvalue weighted by atomic mass is 32.2. The van der Waals surface area contributed by atoms with Crippen LogP contribution in [0, 0.1) is 6.92 Å². The highest BCUT2D eigenvalue weighted by Gasteiger charge is 2.52. The van der Waals surface area contributed by atoms with Gasteiger partial charge >= 0.3 is 23.9 Å². The van der Waals surface area contributed by atoms with E-state index in [1.165, 1.54) is 39.6 Å². The zero-order valence-corrected chi connectivity index (χ0v) is 25.2. The Labute approximate surface area is 245 Å². The van der Waals surface area contributed by atoms with Crippen molar-refractivity contribution in [3.63, 3.8) is 0 Å². The first kappa shape index (κ1) is 32.1. The minimum Gasteiger partial charge on any atom is -0.469 e. The van der Waals surface area contributed by atoms with Crippen LogP contribution in [0.3, 0.4) is 0 Å². The molecule has 5 atom stereocenters. The Morgan fingerprint density at radius 1 is 0.829 bits per heavy atom.